The number of carbonyl (C=O) groups excluding carboxylic acids is 2. The molecule has 2 heterocycles. The van der Waals surface area contributed by atoms with E-state index in [1.807, 2.05) is 0 Å². The second kappa shape index (κ2) is 11.9. The Bertz CT molecular complexity index is 1610. The number of hydrogen-bond donors (Lipinski definition) is 2. The summed E-state index contributed by atoms with van der Waals surface area (Å²) in [5, 5.41) is 5.02. The van der Waals surface area contributed by atoms with Crippen LogP contribution in [0, 0.1) is 5.82 Å². The molecule has 2 amide bonds. The van der Waals surface area contributed by atoms with Crippen molar-refractivity contribution < 1.29 is 53.5 Å². The number of unbranched alkanes of at least 4 members (excludes halogenated alkanes) is 2. The van der Waals surface area contributed by atoms with E-state index in [1.165, 1.54) is 10.9 Å². The zero-order chi connectivity index (χ0) is 32.8. The molecule has 9 nitrogen and oxygen atoms in total. The van der Waals surface area contributed by atoms with Crippen molar-refractivity contribution >= 4 is 27.4 Å². The number of rotatable bonds is 12. The van der Waals surface area contributed by atoms with Gasteiger partial charge >= 0.3 is 12.4 Å². The fraction of sp³-hybridized carbons (Fsp3) is 0.536. The number of ether oxygens (including phenoxy) is 1. The van der Waals surface area contributed by atoms with Crippen molar-refractivity contribution in [2.75, 3.05) is 6.61 Å². The zero-order valence-electron chi connectivity index (χ0n) is 23.6. The molecule has 1 atom stereocenters. The molecule has 45 heavy (non-hydrogen) atoms. The van der Waals surface area contributed by atoms with Crippen LogP contribution in [0.5, 0.6) is 5.75 Å². The number of benzene rings is 1. The summed E-state index contributed by atoms with van der Waals surface area (Å²) in [6, 6.07) is 2.46. The van der Waals surface area contributed by atoms with Gasteiger partial charge in [0.1, 0.15) is 17.1 Å². The number of halogens is 7. The highest BCUT2D eigenvalue weighted by atomic mass is 32.2. The molecule has 2 fully saturated rings. The average Bonchev–Trinajstić information content (AvgIpc) is 3.86. The van der Waals surface area contributed by atoms with E-state index in [0.717, 1.165) is 31.2 Å². The van der Waals surface area contributed by atoms with Crippen LogP contribution in [0.1, 0.15) is 75.0 Å². The van der Waals surface area contributed by atoms with Crippen LogP contribution in [0.4, 0.5) is 30.7 Å². The van der Waals surface area contributed by atoms with E-state index in [9.17, 15) is 44.3 Å². The number of hydrogen-bond acceptors (Lipinski definition) is 6. The number of nitrogens with zero attached hydrogens (tertiary/aromatic N) is 2. The maximum absolute atomic E-state index is 15.5. The van der Waals surface area contributed by atoms with Gasteiger partial charge in [-0.1, -0.05) is 0 Å². The summed E-state index contributed by atoms with van der Waals surface area (Å²) >= 11 is 0. The third-order valence-corrected chi connectivity index (χ3v) is 9.67. The first-order chi connectivity index (χ1) is 21.0. The average molecular weight is 667 g/mol. The molecule has 5 rings (SSSR count). The third kappa shape index (κ3) is 7.28. The molecule has 1 unspecified atom stereocenters. The second-order valence-corrected chi connectivity index (χ2v) is 13.4. The third-order valence-electron chi connectivity index (χ3n) is 7.85. The minimum absolute atomic E-state index is 0.0220. The number of aromatic nitrogens is 2. The minimum Gasteiger partial charge on any atom is -0.493 e. The van der Waals surface area contributed by atoms with Crippen LogP contribution in [0.15, 0.2) is 36.2 Å². The van der Waals surface area contributed by atoms with Crippen LogP contribution in [0.3, 0.4) is 0 Å². The van der Waals surface area contributed by atoms with Crippen LogP contribution in [0.2, 0.25) is 0 Å². The molecule has 0 saturated heterocycles. The van der Waals surface area contributed by atoms with E-state index < -0.39 is 80.3 Å². The van der Waals surface area contributed by atoms with E-state index in [-0.39, 0.29) is 56.1 Å². The number of alkyl halides is 6. The van der Waals surface area contributed by atoms with Gasteiger partial charge in [0.05, 0.1) is 24.1 Å². The van der Waals surface area contributed by atoms with Crippen LogP contribution < -0.4 is 14.8 Å². The molecule has 3 aliphatic rings. The molecule has 17 heteroatoms. The van der Waals surface area contributed by atoms with E-state index in [1.54, 1.807) is 10.0 Å². The first kappa shape index (κ1) is 32.8. The molecule has 0 bridgehead atoms. The lowest BCUT2D eigenvalue weighted by molar-refractivity contribution is -0.202. The van der Waals surface area contributed by atoms with Gasteiger partial charge in [0.25, 0.3) is 11.8 Å². The van der Waals surface area contributed by atoms with E-state index in [4.69, 9.17) is 4.74 Å². The van der Waals surface area contributed by atoms with Gasteiger partial charge in [-0.15, -0.1) is 0 Å². The Morgan fingerprint density at radius 1 is 1.09 bits per heavy atom. The fourth-order valence-corrected chi connectivity index (χ4v) is 6.45. The maximum atomic E-state index is 15.5. The normalized spacial score (nSPS) is 21.1. The highest BCUT2D eigenvalue weighted by Crippen LogP contribution is 2.50. The molecule has 1 aliphatic heterocycles. The number of carbonyl (C=O) groups is 2. The molecule has 1 aromatic carbocycles. The Morgan fingerprint density at radius 2 is 1.80 bits per heavy atom. The van der Waals surface area contributed by atoms with Crippen molar-refractivity contribution in [3.63, 3.8) is 0 Å². The molecule has 2 aliphatic carbocycles. The highest BCUT2D eigenvalue weighted by Gasteiger charge is 2.61. The van der Waals surface area contributed by atoms with E-state index >= 15 is 4.39 Å². The molecule has 0 spiro atoms. The van der Waals surface area contributed by atoms with Crippen molar-refractivity contribution in [3.05, 3.63) is 53.1 Å². The Labute approximate surface area is 253 Å². The lowest BCUT2D eigenvalue weighted by Crippen LogP contribution is -2.60. The maximum Gasteiger partial charge on any atom is 0.416 e. The first-order valence-corrected chi connectivity index (χ1v) is 15.8. The predicted molar refractivity (Wildman–Crippen MR) is 144 cm³/mol. The molecule has 2 saturated carbocycles. The van der Waals surface area contributed by atoms with Crippen LogP contribution in [0.25, 0.3) is 5.57 Å². The molecular weight excluding hydrogens is 637 g/mol. The Kier molecular flexibility index (Phi) is 8.70. The summed E-state index contributed by atoms with van der Waals surface area (Å²) in [4.78, 5) is 26.5. The second-order valence-electron chi connectivity index (χ2n) is 11.4. The lowest BCUT2D eigenvalue weighted by Gasteiger charge is -2.41. The monoisotopic (exact) mass is 666 g/mol. The summed E-state index contributed by atoms with van der Waals surface area (Å²) in [5.74, 6) is -4.56. The molecule has 1 aromatic heterocycles. The molecular formula is C28H29F7N4O5S. The van der Waals surface area contributed by atoms with Gasteiger partial charge in [-0.3, -0.25) is 14.3 Å². The fourth-order valence-electron chi connectivity index (χ4n) is 5.16. The quantitative estimate of drug-likeness (QED) is 0.183. The van der Waals surface area contributed by atoms with Gasteiger partial charge in [0.15, 0.2) is 5.54 Å². The van der Waals surface area contributed by atoms with Crippen molar-refractivity contribution in [3.8, 4) is 5.75 Å². The largest absolute Gasteiger partial charge is 0.493 e. The molecule has 0 radical (unpaired) electrons. The molecule has 2 N–H and O–H groups in total. The molecule has 246 valence electrons. The summed E-state index contributed by atoms with van der Waals surface area (Å²) in [5.41, 5.74) is -5.73. The van der Waals surface area contributed by atoms with Crippen molar-refractivity contribution in [1.82, 2.24) is 19.8 Å². The van der Waals surface area contributed by atoms with Crippen LogP contribution in [-0.4, -0.2) is 54.2 Å². The number of amides is 2. The Morgan fingerprint density at radius 3 is 2.40 bits per heavy atom. The van der Waals surface area contributed by atoms with Gasteiger partial charge in [-0.05, 0) is 62.7 Å². The number of sulfonamides is 1. The minimum atomic E-state index is -5.32. The van der Waals surface area contributed by atoms with E-state index in [0.29, 0.717) is 6.07 Å². The van der Waals surface area contributed by atoms with E-state index in [2.05, 4.69) is 5.10 Å². The molecule has 2 aromatic rings. The van der Waals surface area contributed by atoms with Crippen LogP contribution in [-0.2, 0) is 25.2 Å². The highest BCUT2D eigenvalue weighted by molar-refractivity contribution is 7.91. The van der Waals surface area contributed by atoms with Gasteiger partial charge in [0, 0.05) is 36.2 Å². The first-order valence-electron chi connectivity index (χ1n) is 14.2. The van der Waals surface area contributed by atoms with Crippen molar-refractivity contribution in [2.24, 2.45) is 0 Å². The summed E-state index contributed by atoms with van der Waals surface area (Å²) in [6.45, 7) is -0.113. The van der Waals surface area contributed by atoms with Crippen LogP contribution >= 0.6 is 0 Å². The SMILES string of the molecule is O=C1NC(c2ccc(OCCCCCC(F)(F)F)cc2F)(C(F)(F)F)CC(c2cnn(C3CC3)c2)=C1C(=O)NS(=O)(=O)C1CC1. The topological polar surface area (TPSA) is 119 Å². The summed E-state index contributed by atoms with van der Waals surface area (Å²) < 4.78 is 131. The summed E-state index contributed by atoms with van der Waals surface area (Å²) in [6.07, 6.45) is -6.95. The number of nitrogens with one attached hydrogen (secondary N) is 2. The van der Waals surface area contributed by atoms with Crippen molar-refractivity contribution in [2.45, 2.75) is 87.0 Å². The zero-order valence-corrected chi connectivity index (χ0v) is 24.4. The Balaban J connectivity index is 1.45. The smallest absolute Gasteiger partial charge is 0.416 e. The van der Waals surface area contributed by atoms with Gasteiger partial charge in [-0.2, -0.15) is 31.4 Å². The van der Waals surface area contributed by atoms with Gasteiger partial charge in [0.2, 0.25) is 10.0 Å². The summed E-state index contributed by atoms with van der Waals surface area (Å²) in [7, 11) is -4.18. The van der Waals surface area contributed by atoms with Crippen molar-refractivity contribution in [1.29, 1.82) is 0 Å². The standard InChI is InChI=1S/C28H29F7N4O5S/c29-22-12-18(44-11-3-1-2-10-27(30,31)32)6-9-21(22)26(28(33,34)35)13-20(16-14-36-39(15-16)17-4-5-17)23(24(40)37-26)25(41)38-45(42,43)19-7-8-19/h6,9,12,14-15,17,19H,1-5,7-8,10-11,13H2,(H,37,40)(H,38,41). The lowest BCUT2D eigenvalue weighted by atomic mass is 9.76. The van der Waals surface area contributed by atoms with Gasteiger partial charge < -0.3 is 10.1 Å². The predicted octanol–water partition coefficient (Wildman–Crippen LogP) is 5.20. The van der Waals surface area contributed by atoms with Gasteiger partial charge in [-0.25, -0.2) is 17.5 Å². The Hall–Kier alpha value is -3.63.